The van der Waals surface area contributed by atoms with E-state index in [9.17, 15) is 4.79 Å². The summed E-state index contributed by atoms with van der Waals surface area (Å²) in [6.07, 6.45) is 7.71. The van der Waals surface area contributed by atoms with Crippen LogP contribution in [-0.4, -0.2) is 28.2 Å². The van der Waals surface area contributed by atoms with Crippen molar-refractivity contribution >= 4 is 11.7 Å². The molecule has 152 valence electrons. The zero-order valence-corrected chi connectivity index (χ0v) is 16.7. The molecule has 3 heterocycles. The Kier molecular flexibility index (Phi) is 5.10. The lowest BCUT2D eigenvalue weighted by Crippen LogP contribution is -2.51. The SMILES string of the molecule is O=C(OCc1ccccc1)N1C2C=C(c3ccc(-c4ccno4)cc3)CC1CCC2. The molecule has 1 fully saturated rings. The van der Waals surface area contributed by atoms with Gasteiger partial charge in [0.05, 0.1) is 12.2 Å². The highest BCUT2D eigenvalue weighted by molar-refractivity contribution is 5.75. The number of carbonyl (C=O) groups excluding carboxylic acids is 1. The van der Waals surface area contributed by atoms with Gasteiger partial charge in [-0.05, 0) is 42.4 Å². The third kappa shape index (κ3) is 3.75. The molecule has 30 heavy (non-hydrogen) atoms. The van der Waals surface area contributed by atoms with Crippen molar-refractivity contribution in [2.24, 2.45) is 0 Å². The van der Waals surface area contributed by atoms with E-state index in [-0.39, 0.29) is 18.2 Å². The average Bonchev–Trinajstić information content (AvgIpc) is 3.32. The van der Waals surface area contributed by atoms with E-state index >= 15 is 0 Å². The third-order valence-corrected chi connectivity index (χ3v) is 6.03. The van der Waals surface area contributed by atoms with Crippen molar-refractivity contribution in [1.29, 1.82) is 0 Å². The largest absolute Gasteiger partial charge is 0.445 e. The molecule has 2 atom stereocenters. The Bertz CT molecular complexity index is 1030. The summed E-state index contributed by atoms with van der Waals surface area (Å²) >= 11 is 0. The van der Waals surface area contributed by atoms with E-state index in [1.165, 1.54) is 11.1 Å². The molecule has 2 aliphatic rings. The van der Waals surface area contributed by atoms with Gasteiger partial charge in [-0.3, -0.25) is 4.90 Å². The molecule has 3 aromatic rings. The zero-order valence-electron chi connectivity index (χ0n) is 16.7. The molecule has 2 aromatic carbocycles. The van der Waals surface area contributed by atoms with Gasteiger partial charge in [0.15, 0.2) is 5.76 Å². The summed E-state index contributed by atoms with van der Waals surface area (Å²) in [7, 11) is 0. The van der Waals surface area contributed by atoms with Crippen molar-refractivity contribution in [3.05, 3.63) is 84.1 Å². The lowest BCUT2D eigenvalue weighted by Gasteiger charge is -2.44. The summed E-state index contributed by atoms with van der Waals surface area (Å²) in [5, 5.41) is 3.77. The molecule has 2 aliphatic heterocycles. The number of carbonyl (C=O) groups is 1. The Hall–Kier alpha value is -3.34. The Labute approximate surface area is 175 Å². The number of piperidine rings is 1. The van der Waals surface area contributed by atoms with Gasteiger partial charge in [0.25, 0.3) is 0 Å². The Morgan fingerprint density at radius 1 is 1.03 bits per heavy atom. The molecule has 0 saturated carbocycles. The molecule has 1 aromatic heterocycles. The fourth-order valence-corrected chi connectivity index (χ4v) is 4.54. The number of hydrogen-bond donors (Lipinski definition) is 0. The predicted molar refractivity (Wildman–Crippen MR) is 114 cm³/mol. The zero-order chi connectivity index (χ0) is 20.3. The number of hydrogen-bond acceptors (Lipinski definition) is 4. The minimum Gasteiger partial charge on any atom is -0.445 e. The minimum absolute atomic E-state index is 0.102. The van der Waals surface area contributed by atoms with E-state index in [0.29, 0.717) is 6.61 Å². The van der Waals surface area contributed by atoms with Gasteiger partial charge < -0.3 is 9.26 Å². The monoisotopic (exact) mass is 400 g/mol. The number of amides is 1. The highest BCUT2D eigenvalue weighted by Gasteiger charge is 2.38. The van der Waals surface area contributed by atoms with Crippen LogP contribution in [0.15, 0.2) is 77.5 Å². The first kappa shape index (κ1) is 18.7. The second-order valence-corrected chi connectivity index (χ2v) is 7.95. The highest BCUT2D eigenvalue weighted by Crippen LogP contribution is 2.38. The number of aromatic nitrogens is 1. The minimum atomic E-state index is -0.204. The van der Waals surface area contributed by atoms with Crippen molar-refractivity contribution in [3.8, 4) is 11.3 Å². The molecule has 0 N–H and O–H groups in total. The van der Waals surface area contributed by atoms with Crippen molar-refractivity contribution < 1.29 is 14.1 Å². The summed E-state index contributed by atoms with van der Waals surface area (Å²) in [6, 6.07) is 20.4. The standard InChI is InChI=1S/C25H24N2O3/c28-25(29-17-18-5-2-1-3-6-18)27-22-7-4-8-23(27)16-21(15-22)19-9-11-20(12-10-19)24-13-14-26-30-24/h1-3,5-6,9-15,22-23H,4,7-8,16-17H2. The van der Waals surface area contributed by atoms with Crippen LogP contribution in [0.1, 0.15) is 36.8 Å². The molecule has 0 spiro atoms. The first-order valence-corrected chi connectivity index (χ1v) is 10.5. The van der Waals surface area contributed by atoms with E-state index in [4.69, 9.17) is 9.26 Å². The van der Waals surface area contributed by atoms with Crippen molar-refractivity contribution in [2.75, 3.05) is 0 Å². The van der Waals surface area contributed by atoms with Crippen LogP contribution in [0.3, 0.4) is 0 Å². The normalized spacial score (nSPS) is 20.5. The van der Waals surface area contributed by atoms with Gasteiger partial charge in [0.2, 0.25) is 0 Å². The maximum absolute atomic E-state index is 12.9. The van der Waals surface area contributed by atoms with E-state index in [1.54, 1.807) is 6.20 Å². The van der Waals surface area contributed by atoms with E-state index < -0.39 is 0 Å². The van der Waals surface area contributed by atoms with Crippen LogP contribution >= 0.6 is 0 Å². The second-order valence-electron chi connectivity index (χ2n) is 7.95. The first-order chi connectivity index (χ1) is 14.8. The molecule has 1 saturated heterocycles. The highest BCUT2D eigenvalue weighted by atomic mass is 16.6. The van der Waals surface area contributed by atoms with Gasteiger partial charge in [-0.15, -0.1) is 0 Å². The average molecular weight is 400 g/mol. The summed E-state index contributed by atoms with van der Waals surface area (Å²) in [5.41, 5.74) is 4.53. The number of ether oxygens (including phenoxy) is 1. The molecule has 0 aliphatic carbocycles. The molecule has 5 nitrogen and oxygen atoms in total. The van der Waals surface area contributed by atoms with Gasteiger partial charge in [-0.25, -0.2) is 4.79 Å². The lowest BCUT2D eigenvalue weighted by molar-refractivity contribution is 0.0510. The van der Waals surface area contributed by atoms with E-state index in [0.717, 1.165) is 42.6 Å². The van der Waals surface area contributed by atoms with Crippen LogP contribution in [0, 0.1) is 0 Å². The fraction of sp³-hybridized carbons (Fsp3) is 0.280. The van der Waals surface area contributed by atoms with E-state index in [1.807, 2.05) is 41.3 Å². The third-order valence-electron chi connectivity index (χ3n) is 6.03. The Morgan fingerprint density at radius 2 is 1.83 bits per heavy atom. The summed E-state index contributed by atoms with van der Waals surface area (Å²) in [6.45, 7) is 0.315. The molecule has 2 bridgehead atoms. The van der Waals surface area contributed by atoms with Crippen LogP contribution in [-0.2, 0) is 11.3 Å². The number of rotatable bonds is 4. The first-order valence-electron chi connectivity index (χ1n) is 10.5. The van der Waals surface area contributed by atoms with Crippen LogP contribution in [0.5, 0.6) is 0 Å². The lowest BCUT2D eigenvalue weighted by atomic mass is 9.83. The van der Waals surface area contributed by atoms with E-state index in [2.05, 4.69) is 35.5 Å². The molecule has 5 heteroatoms. The summed E-state index contributed by atoms with van der Waals surface area (Å²) in [4.78, 5) is 14.8. The summed E-state index contributed by atoms with van der Waals surface area (Å²) in [5.74, 6) is 0.767. The Balaban J connectivity index is 1.31. The van der Waals surface area contributed by atoms with Gasteiger partial charge in [-0.2, -0.15) is 0 Å². The van der Waals surface area contributed by atoms with Gasteiger partial charge in [0, 0.05) is 17.7 Å². The number of nitrogens with zero attached hydrogens (tertiary/aromatic N) is 2. The smallest absolute Gasteiger partial charge is 0.410 e. The molecule has 0 radical (unpaired) electrons. The molecular weight excluding hydrogens is 376 g/mol. The van der Waals surface area contributed by atoms with Crippen LogP contribution in [0.25, 0.3) is 16.9 Å². The predicted octanol–water partition coefficient (Wildman–Crippen LogP) is 5.69. The van der Waals surface area contributed by atoms with Crippen molar-refractivity contribution in [2.45, 2.75) is 44.4 Å². The Morgan fingerprint density at radius 3 is 2.57 bits per heavy atom. The summed E-state index contributed by atoms with van der Waals surface area (Å²) < 4.78 is 10.9. The second kappa shape index (κ2) is 8.19. The van der Waals surface area contributed by atoms with Gasteiger partial charge >= 0.3 is 6.09 Å². The van der Waals surface area contributed by atoms with Crippen LogP contribution in [0.4, 0.5) is 4.79 Å². The molecule has 2 unspecified atom stereocenters. The molecule has 5 rings (SSSR count). The maximum Gasteiger partial charge on any atom is 0.410 e. The topological polar surface area (TPSA) is 55.6 Å². The maximum atomic E-state index is 12.9. The van der Waals surface area contributed by atoms with Gasteiger partial charge in [-0.1, -0.05) is 65.8 Å². The molecular formula is C25H24N2O3. The van der Waals surface area contributed by atoms with Crippen LogP contribution in [0.2, 0.25) is 0 Å². The van der Waals surface area contributed by atoms with Crippen molar-refractivity contribution in [1.82, 2.24) is 10.1 Å². The number of fused-ring (bicyclic) bond motifs is 2. The number of benzene rings is 2. The van der Waals surface area contributed by atoms with Gasteiger partial charge in [0.1, 0.15) is 6.61 Å². The fourth-order valence-electron chi connectivity index (χ4n) is 4.54. The molecule has 1 amide bonds. The van der Waals surface area contributed by atoms with Crippen LogP contribution < -0.4 is 0 Å². The quantitative estimate of drug-likeness (QED) is 0.565. The van der Waals surface area contributed by atoms with Crippen molar-refractivity contribution in [3.63, 3.8) is 0 Å².